The molecule has 90 valence electrons. The number of unbranched alkanes of at least 4 members (excludes halogenated alkanes) is 4. The normalized spacial score (nSPS) is 12.6. The molecule has 0 spiro atoms. The highest BCUT2D eigenvalue weighted by Crippen LogP contribution is 2.04. The van der Waals surface area contributed by atoms with Crippen molar-refractivity contribution in [2.24, 2.45) is 0 Å². The summed E-state index contributed by atoms with van der Waals surface area (Å²) < 4.78 is 2.36. The molecule has 0 aromatic heterocycles. The van der Waals surface area contributed by atoms with Crippen LogP contribution in [0.4, 0.5) is 0 Å². The van der Waals surface area contributed by atoms with Crippen molar-refractivity contribution < 1.29 is 4.58 Å². The minimum atomic E-state index is 1.18. The summed E-state index contributed by atoms with van der Waals surface area (Å²) >= 11 is 1.82. The van der Waals surface area contributed by atoms with Gasteiger partial charge in [-0.15, -0.1) is 0 Å². The molecule has 0 N–H and O–H groups in total. The second-order valence-electron chi connectivity index (χ2n) is 4.22. The van der Waals surface area contributed by atoms with E-state index in [2.05, 4.69) is 43.8 Å². The molecule has 15 heavy (non-hydrogen) atoms. The van der Waals surface area contributed by atoms with Gasteiger partial charge in [-0.25, -0.2) is 0 Å². The van der Waals surface area contributed by atoms with Crippen LogP contribution in [-0.4, -0.2) is 48.6 Å². The maximum atomic E-state index is 2.36. The second kappa shape index (κ2) is 9.08. The van der Waals surface area contributed by atoms with Gasteiger partial charge in [-0.1, -0.05) is 26.2 Å². The molecular weight excluding hydrogens is 204 g/mol. The van der Waals surface area contributed by atoms with Crippen LogP contribution < -0.4 is 0 Å². The average Bonchev–Trinajstić information content (AvgIpc) is 2.18. The van der Waals surface area contributed by atoms with Crippen LogP contribution in [0.1, 0.15) is 39.0 Å². The van der Waals surface area contributed by atoms with Crippen molar-refractivity contribution in [1.82, 2.24) is 4.90 Å². The van der Waals surface area contributed by atoms with Crippen molar-refractivity contribution in [3.05, 3.63) is 0 Å². The lowest BCUT2D eigenvalue weighted by atomic mass is 10.1. The molecule has 0 atom stereocenters. The molecule has 0 heterocycles. The maximum Gasteiger partial charge on any atom is 0.307 e. The second-order valence-corrected chi connectivity index (χ2v) is 4.99. The summed E-state index contributed by atoms with van der Waals surface area (Å²) in [5, 5.41) is 1.35. The standard InChI is InChI=1S/C12H27N2S/c1-6-7-8-9-10-11-14(4)12(15-5)13(2)3/h6-11H2,1-5H3/q+1. The van der Waals surface area contributed by atoms with Crippen LogP contribution in [0, 0.1) is 0 Å². The smallest absolute Gasteiger partial charge is 0.262 e. The quantitative estimate of drug-likeness (QED) is 0.300. The Morgan fingerprint density at radius 1 is 1.13 bits per heavy atom. The van der Waals surface area contributed by atoms with Crippen LogP contribution in [-0.2, 0) is 0 Å². The lowest BCUT2D eigenvalue weighted by molar-refractivity contribution is -0.499. The van der Waals surface area contributed by atoms with E-state index in [1.165, 1.54) is 43.8 Å². The van der Waals surface area contributed by atoms with Crippen molar-refractivity contribution in [3.63, 3.8) is 0 Å². The average molecular weight is 231 g/mol. The molecule has 0 saturated carbocycles. The molecule has 0 bridgehead atoms. The molecule has 0 aliphatic heterocycles. The molecule has 0 unspecified atom stereocenters. The molecule has 0 aliphatic rings. The van der Waals surface area contributed by atoms with E-state index in [0.717, 1.165) is 0 Å². The highest BCUT2D eigenvalue weighted by atomic mass is 32.2. The topological polar surface area (TPSA) is 6.25 Å². The van der Waals surface area contributed by atoms with E-state index in [0.29, 0.717) is 0 Å². The largest absolute Gasteiger partial charge is 0.307 e. The van der Waals surface area contributed by atoms with Gasteiger partial charge in [0.2, 0.25) is 0 Å². The van der Waals surface area contributed by atoms with E-state index in [1.807, 2.05) is 11.8 Å². The molecule has 2 nitrogen and oxygen atoms in total. The monoisotopic (exact) mass is 231 g/mol. The van der Waals surface area contributed by atoms with Crippen molar-refractivity contribution in [2.75, 3.05) is 33.9 Å². The van der Waals surface area contributed by atoms with Crippen LogP contribution in [0.25, 0.3) is 0 Å². The Bertz CT molecular complexity index is 188. The van der Waals surface area contributed by atoms with E-state index in [9.17, 15) is 0 Å². The first-order valence-electron chi connectivity index (χ1n) is 5.92. The van der Waals surface area contributed by atoms with Gasteiger partial charge in [0.1, 0.15) is 0 Å². The SMILES string of the molecule is CCCCCCC/[N+](C)=C(/SC)N(C)C. The lowest BCUT2D eigenvalue weighted by Gasteiger charge is -2.11. The van der Waals surface area contributed by atoms with Gasteiger partial charge in [0, 0.05) is 0 Å². The molecule has 3 heteroatoms. The van der Waals surface area contributed by atoms with Gasteiger partial charge in [0.25, 0.3) is 0 Å². The van der Waals surface area contributed by atoms with Crippen LogP contribution in [0.15, 0.2) is 0 Å². The summed E-state index contributed by atoms with van der Waals surface area (Å²) in [5.74, 6) is 0. The zero-order chi connectivity index (χ0) is 11.7. The summed E-state index contributed by atoms with van der Waals surface area (Å²) in [4.78, 5) is 2.19. The summed E-state index contributed by atoms with van der Waals surface area (Å²) in [7, 11) is 6.41. The Labute approximate surface area is 99.7 Å². The third kappa shape index (κ3) is 6.82. The van der Waals surface area contributed by atoms with E-state index in [1.54, 1.807) is 0 Å². The van der Waals surface area contributed by atoms with Crippen LogP contribution >= 0.6 is 11.8 Å². The molecule has 0 aliphatic carbocycles. The predicted molar refractivity (Wildman–Crippen MR) is 72.0 cm³/mol. The number of nitrogens with zero attached hydrogens (tertiary/aromatic N) is 2. The Hall–Kier alpha value is -0.180. The Balaban J connectivity index is 3.83. The van der Waals surface area contributed by atoms with Gasteiger partial charge in [-0.3, -0.25) is 9.48 Å². The van der Waals surface area contributed by atoms with Crippen LogP contribution in [0.2, 0.25) is 0 Å². The number of hydrogen-bond donors (Lipinski definition) is 0. The lowest BCUT2D eigenvalue weighted by Crippen LogP contribution is -2.28. The van der Waals surface area contributed by atoms with E-state index in [4.69, 9.17) is 0 Å². The summed E-state index contributed by atoms with van der Waals surface area (Å²) in [6, 6.07) is 0. The molecule has 0 rings (SSSR count). The Morgan fingerprint density at radius 3 is 2.20 bits per heavy atom. The first kappa shape index (κ1) is 14.8. The summed E-state index contributed by atoms with van der Waals surface area (Å²) in [6.07, 6.45) is 8.93. The van der Waals surface area contributed by atoms with E-state index >= 15 is 0 Å². The molecular formula is C12H27N2S+. The highest BCUT2D eigenvalue weighted by Gasteiger charge is 2.10. The number of thioether (sulfide) groups is 1. The Kier molecular flexibility index (Phi) is 8.97. The van der Waals surface area contributed by atoms with Gasteiger partial charge in [0.15, 0.2) is 0 Å². The highest BCUT2D eigenvalue weighted by molar-refractivity contribution is 8.12. The van der Waals surface area contributed by atoms with Gasteiger partial charge >= 0.3 is 5.17 Å². The molecule has 0 saturated heterocycles. The zero-order valence-corrected chi connectivity index (χ0v) is 11.9. The Morgan fingerprint density at radius 2 is 1.73 bits per heavy atom. The maximum absolute atomic E-state index is 2.36. The van der Waals surface area contributed by atoms with Crippen molar-refractivity contribution in [1.29, 1.82) is 0 Å². The van der Waals surface area contributed by atoms with Crippen molar-refractivity contribution in [3.8, 4) is 0 Å². The fourth-order valence-electron chi connectivity index (χ4n) is 1.73. The third-order valence-electron chi connectivity index (χ3n) is 2.49. The van der Waals surface area contributed by atoms with Crippen molar-refractivity contribution in [2.45, 2.75) is 39.0 Å². The minimum Gasteiger partial charge on any atom is -0.262 e. The molecule has 0 radical (unpaired) electrons. The van der Waals surface area contributed by atoms with E-state index in [-0.39, 0.29) is 0 Å². The summed E-state index contributed by atoms with van der Waals surface area (Å²) in [6.45, 7) is 3.44. The van der Waals surface area contributed by atoms with Crippen LogP contribution in [0.5, 0.6) is 0 Å². The van der Waals surface area contributed by atoms with Gasteiger partial charge in [-0.05, 0) is 30.9 Å². The molecule has 0 fully saturated rings. The molecule has 0 aromatic carbocycles. The minimum absolute atomic E-state index is 1.18. The first-order valence-corrected chi connectivity index (χ1v) is 7.15. The predicted octanol–water partition coefficient (Wildman–Crippen LogP) is 2.88. The van der Waals surface area contributed by atoms with Gasteiger partial charge < -0.3 is 0 Å². The molecule has 0 aromatic rings. The zero-order valence-electron chi connectivity index (χ0n) is 11.0. The number of amidine groups is 1. The van der Waals surface area contributed by atoms with Gasteiger partial charge in [-0.2, -0.15) is 0 Å². The third-order valence-corrected chi connectivity index (χ3v) is 3.53. The van der Waals surface area contributed by atoms with Crippen molar-refractivity contribution >= 4 is 16.9 Å². The fraction of sp³-hybridized carbons (Fsp3) is 0.917. The van der Waals surface area contributed by atoms with Crippen LogP contribution in [0.3, 0.4) is 0 Å². The number of hydrogen-bond acceptors (Lipinski definition) is 1. The van der Waals surface area contributed by atoms with Gasteiger partial charge in [0.05, 0.1) is 27.7 Å². The van der Waals surface area contributed by atoms with E-state index < -0.39 is 0 Å². The molecule has 0 amide bonds. The fourth-order valence-corrected chi connectivity index (χ4v) is 2.50. The summed E-state index contributed by atoms with van der Waals surface area (Å²) in [5.41, 5.74) is 0. The number of rotatable bonds is 6. The first-order chi connectivity index (χ1) is 7.13.